The molecule has 1 heterocycles. The fraction of sp³-hybridized carbons (Fsp3) is 0.900. The first kappa shape index (κ1) is 15.4. The van der Waals surface area contributed by atoms with E-state index in [1.807, 2.05) is 0 Å². The van der Waals surface area contributed by atoms with Gasteiger partial charge in [-0.3, -0.25) is 4.79 Å². The van der Waals surface area contributed by atoms with Gasteiger partial charge in [0.2, 0.25) is 10.0 Å². The molecule has 18 heavy (non-hydrogen) atoms. The molecule has 3 atom stereocenters. The number of sulfonamides is 1. The Kier molecular flexibility index (Phi) is 4.71. The second-order valence-corrected chi connectivity index (χ2v) is 6.48. The SMILES string of the molecule is COC(=O)C(C)S(=O)(=O)NCC1(O)CCOC1C. The zero-order valence-corrected chi connectivity index (χ0v) is 11.5. The molecule has 1 aliphatic heterocycles. The molecule has 0 amide bonds. The Hall–Kier alpha value is -0.700. The van der Waals surface area contributed by atoms with Crippen molar-refractivity contribution in [3.63, 3.8) is 0 Å². The summed E-state index contributed by atoms with van der Waals surface area (Å²) in [7, 11) is -2.74. The molecular formula is C10H19NO6S. The van der Waals surface area contributed by atoms with Crippen LogP contribution in [0.5, 0.6) is 0 Å². The third kappa shape index (κ3) is 3.19. The molecule has 1 rings (SSSR count). The largest absolute Gasteiger partial charge is 0.468 e. The van der Waals surface area contributed by atoms with E-state index in [4.69, 9.17) is 4.74 Å². The number of nitrogens with one attached hydrogen (secondary N) is 1. The maximum atomic E-state index is 11.8. The lowest BCUT2D eigenvalue weighted by Crippen LogP contribution is -2.50. The number of carbonyl (C=O) groups is 1. The summed E-state index contributed by atoms with van der Waals surface area (Å²) in [5.41, 5.74) is -1.23. The van der Waals surface area contributed by atoms with E-state index in [1.54, 1.807) is 6.92 Å². The summed E-state index contributed by atoms with van der Waals surface area (Å²) < 4.78 is 35.3. The summed E-state index contributed by atoms with van der Waals surface area (Å²) in [5.74, 6) is -0.842. The average Bonchev–Trinajstić information content (AvgIpc) is 2.66. The molecule has 1 fully saturated rings. The third-order valence-electron chi connectivity index (χ3n) is 3.24. The van der Waals surface area contributed by atoms with Crippen LogP contribution in [0.25, 0.3) is 0 Å². The first-order valence-electron chi connectivity index (χ1n) is 5.63. The van der Waals surface area contributed by atoms with Crippen molar-refractivity contribution in [1.82, 2.24) is 4.72 Å². The Labute approximate surface area is 107 Å². The summed E-state index contributed by atoms with van der Waals surface area (Å²) >= 11 is 0. The van der Waals surface area contributed by atoms with E-state index in [1.165, 1.54) is 6.92 Å². The molecule has 8 heteroatoms. The molecule has 0 aromatic heterocycles. The predicted molar refractivity (Wildman–Crippen MR) is 63.4 cm³/mol. The Morgan fingerprint density at radius 2 is 2.28 bits per heavy atom. The van der Waals surface area contributed by atoms with Gasteiger partial charge in [0.05, 0.1) is 13.2 Å². The standard InChI is InChI=1S/C10H19NO6S/c1-7(9(12)16-3)18(14,15)11-6-10(13)4-5-17-8(10)2/h7-8,11,13H,4-6H2,1-3H3. The Morgan fingerprint density at radius 3 is 2.72 bits per heavy atom. The van der Waals surface area contributed by atoms with Crippen LogP contribution in [0, 0.1) is 0 Å². The minimum atomic E-state index is -3.86. The first-order chi connectivity index (χ1) is 8.23. The normalized spacial score (nSPS) is 30.1. The molecule has 0 radical (unpaired) electrons. The fourth-order valence-electron chi connectivity index (χ4n) is 1.65. The van der Waals surface area contributed by atoms with Gasteiger partial charge in [-0.25, -0.2) is 13.1 Å². The molecule has 7 nitrogen and oxygen atoms in total. The van der Waals surface area contributed by atoms with Crippen LogP contribution in [-0.2, 0) is 24.3 Å². The van der Waals surface area contributed by atoms with Crippen molar-refractivity contribution in [3.8, 4) is 0 Å². The first-order valence-corrected chi connectivity index (χ1v) is 7.18. The summed E-state index contributed by atoms with van der Waals surface area (Å²) in [6, 6.07) is 0. The number of aliphatic hydroxyl groups is 1. The predicted octanol–water partition coefficient (Wildman–Crippen LogP) is -0.993. The van der Waals surface area contributed by atoms with Crippen LogP contribution in [0.1, 0.15) is 20.3 Å². The number of hydrogen-bond acceptors (Lipinski definition) is 6. The van der Waals surface area contributed by atoms with E-state index < -0.39 is 32.9 Å². The Balaban J connectivity index is 2.65. The fourth-order valence-corrected chi connectivity index (χ4v) is 2.70. The van der Waals surface area contributed by atoms with Gasteiger partial charge in [0.25, 0.3) is 0 Å². The number of esters is 1. The van der Waals surface area contributed by atoms with Crippen LogP contribution in [0.3, 0.4) is 0 Å². The molecule has 1 saturated heterocycles. The highest BCUT2D eigenvalue weighted by molar-refractivity contribution is 7.90. The quantitative estimate of drug-likeness (QED) is 0.627. The molecule has 0 aromatic carbocycles. The maximum Gasteiger partial charge on any atom is 0.325 e. The number of carbonyl (C=O) groups excluding carboxylic acids is 1. The van der Waals surface area contributed by atoms with Gasteiger partial charge in [0.1, 0.15) is 5.60 Å². The van der Waals surface area contributed by atoms with Crippen molar-refractivity contribution in [2.45, 2.75) is 37.2 Å². The van der Waals surface area contributed by atoms with Crippen molar-refractivity contribution in [2.75, 3.05) is 20.3 Å². The Morgan fingerprint density at radius 1 is 1.67 bits per heavy atom. The number of ether oxygens (including phenoxy) is 2. The smallest absolute Gasteiger partial charge is 0.325 e. The molecule has 0 spiro atoms. The van der Waals surface area contributed by atoms with Gasteiger partial charge in [0, 0.05) is 19.6 Å². The van der Waals surface area contributed by atoms with Gasteiger partial charge >= 0.3 is 5.97 Å². The van der Waals surface area contributed by atoms with E-state index in [0.717, 1.165) is 7.11 Å². The van der Waals surface area contributed by atoms with Crippen LogP contribution in [-0.4, -0.2) is 56.7 Å². The second kappa shape index (κ2) is 5.52. The van der Waals surface area contributed by atoms with Gasteiger partial charge in [-0.05, 0) is 13.8 Å². The molecule has 0 aromatic rings. The molecule has 0 bridgehead atoms. The van der Waals surface area contributed by atoms with Gasteiger partial charge in [-0.2, -0.15) is 0 Å². The Bertz CT molecular complexity index is 409. The third-order valence-corrected chi connectivity index (χ3v) is 4.91. The summed E-state index contributed by atoms with van der Waals surface area (Å²) in [6.07, 6.45) is -0.0999. The van der Waals surface area contributed by atoms with Crippen molar-refractivity contribution in [2.24, 2.45) is 0 Å². The monoisotopic (exact) mass is 281 g/mol. The lowest BCUT2D eigenvalue weighted by Gasteiger charge is -2.26. The average molecular weight is 281 g/mol. The van der Waals surface area contributed by atoms with E-state index in [2.05, 4.69) is 9.46 Å². The lowest BCUT2D eigenvalue weighted by atomic mass is 9.97. The zero-order chi connectivity index (χ0) is 14.0. The summed E-state index contributed by atoms with van der Waals surface area (Å²) in [4.78, 5) is 11.2. The van der Waals surface area contributed by atoms with Crippen LogP contribution in [0.15, 0.2) is 0 Å². The van der Waals surface area contributed by atoms with Gasteiger partial charge in [-0.15, -0.1) is 0 Å². The zero-order valence-electron chi connectivity index (χ0n) is 10.7. The minimum Gasteiger partial charge on any atom is -0.468 e. The number of hydrogen-bond donors (Lipinski definition) is 2. The van der Waals surface area contributed by atoms with Crippen molar-refractivity contribution in [1.29, 1.82) is 0 Å². The van der Waals surface area contributed by atoms with Gasteiger partial charge in [-0.1, -0.05) is 0 Å². The van der Waals surface area contributed by atoms with Gasteiger partial charge < -0.3 is 14.6 Å². The highest BCUT2D eigenvalue weighted by atomic mass is 32.2. The molecule has 106 valence electrons. The van der Waals surface area contributed by atoms with Crippen molar-refractivity contribution in [3.05, 3.63) is 0 Å². The van der Waals surface area contributed by atoms with Crippen molar-refractivity contribution >= 4 is 16.0 Å². The molecule has 3 unspecified atom stereocenters. The van der Waals surface area contributed by atoms with Crippen LogP contribution in [0.4, 0.5) is 0 Å². The topological polar surface area (TPSA) is 102 Å². The summed E-state index contributed by atoms with van der Waals surface area (Å²) in [5, 5.41) is 8.82. The highest BCUT2D eigenvalue weighted by Gasteiger charge is 2.41. The van der Waals surface area contributed by atoms with Gasteiger partial charge in [0.15, 0.2) is 5.25 Å². The molecule has 2 N–H and O–H groups in total. The number of rotatable bonds is 5. The molecule has 0 aliphatic carbocycles. The lowest BCUT2D eigenvalue weighted by molar-refractivity contribution is -0.139. The van der Waals surface area contributed by atoms with E-state index in [-0.39, 0.29) is 6.54 Å². The molecule has 1 aliphatic rings. The minimum absolute atomic E-state index is 0.183. The second-order valence-electron chi connectivity index (χ2n) is 4.40. The van der Waals surface area contributed by atoms with Crippen LogP contribution >= 0.6 is 0 Å². The van der Waals surface area contributed by atoms with Crippen LogP contribution in [0.2, 0.25) is 0 Å². The van der Waals surface area contributed by atoms with Crippen molar-refractivity contribution < 1.29 is 27.8 Å². The molecule has 0 saturated carbocycles. The summed E-state index contributed by atoms with van der Waals surface area (Å²) in [6.45, 7) is 3.10. The van der Waals surface area contributed by atoms with E-state index in [9.17, 15) is 18.3 Å². The highest BCUT2D eigenvalue weighted by Crippen LogP contribution is 2.25. The van der Waals surface area contributed by atoms with E-state index in [0.29, 0.717) is 13.0 Å². The van der Waals surface area contributed by atoms with E-state index >= 15 is 0 Å². The van der Waals surface area contributed by atoms with Crippen LogP contribution < -0.4 is 4.72 Å². The molecular weight excluding hydrogens is 262 g/mol. The maximum absolute atomic E-state index is 11.8. The number of methoxy groups -OCH3 is 1.